The molecule has 0 radical (unpaired) electrons. The molecule has 2 unspecified atom stereocenters. The van der Waals surface area contributed by atoms with Crippen molar-refractivity contribution in [1.82, 2.24) is 9.88 Å². The molecule has 28 heavy (non-hydrogen) atoms. The number of hydrogen-bond donors (Lipinski definition) is 0. The SMILES string of the molecule is COc1cccc(N2CC(C(=O)N3CCC(Oc4ccccn4)C3)CC2=O)c1. The van der Waals surface area contributed by atoms with Gasteiger partial charge in [-0.05, 0) is 18.2 Å². The summed E-state index contributed by atoms with van der Waals surface area (Å²) < 4.78 is 11.1. The Morgan fingerprint density at radius 3 is 2.86 bits per heavy atom. The van der Waals surface area contributed by atoms with E-state index in [0.717, 1.165) is 12.1 Å². The number of amides is 2. The molecule has 1 aromatic heterocycles. The van der Waals surface area contributed by atoms with Crippen LogP contribution in [0.15, 0.2) is 48.7 Å². The summed E-state index contributed by atoms with van der Waals surface area (Å²) in [6.45, 7) is 1.56. The maximum absolute atomic E-state index is 12.9. The predicted octanol–water partition coefficient (Wildman–Crippen LogP) is 2.12. The van der Waals surface area contributed by atoms with Crippen LogP contribution in [-0.2, 0) is 9.59 Å². The van der Waals surface area contributed by atoms with Gasteiger partial charge in [-0.1, -0.05) is 12.1 Å². The van der Waals surface area contributed by atoms with E-state index in [0.29, 0.717) is 31.3 Å². The van der Waals surface area contributed by atoms with E-state index >= 15 is 0 Å². The van der Waals surface area contributed by atoms with Crippen molar-refractivity contribution in [2.75, 3.05) is 31.6 Å². The van der Waals surface area contributed by atoms with Gasteiger partial charge in [0.25, 0.3) is 0 Å². The normalized spacial score (nSPS) is 21.8. The standard InChI is InChI=1S/C21H23N3O4/c1-27-17-6-4-5-16(12-17)24-13-15(11-20(24)25)21(26)23-10-8-18(14-23)28-19-7-2-3-9-22-19/h2-7,9,12,15,18H,8,10-11,13-14H2,1H3. The van der Waals surface area contributed by atoms with Crippen LogP contribution in [0.25, 0.3) is 0 Å². The molecule has 0 bridgehead atoms. The van der Waals surface area contributed by atoms with Gasteiger partial charge >= 0.3 is 0 Å². The summed E-state index contributed by atoms with van der Waals surface area (Å²) in [4.78, 5) is 33.1. The molecule has 0 N–H and O–H groups in total. The van der Waals surface area contributed by atoms with E-state index in [1.54, 1.807) is 23.1 Å². The zero-order valence-electron chi connectivity index (χ0n) is 15.8. The Hall–Kier alpha value is -3.09. The monoisotopic (exact) mass is 381 g/mol. The van der Waals surface area contributed by atoms with Gasteiger partial charge in [0.05, 0.1) is 19.6 Å². The Kier molecular flexibility index (Phi) is 5.14. The van der Waals surface area contributed by atoms with Crippen LogP contribution >= 0.6 is 0 Å². The van der Waals surface area contributed by atoms with Gasteiger partial charge in [-0.2, -0.15) is 0 Å². The van der Waals surface area contributed by atoms with Crippen molar-refractivity contribution in [3.05, 3.63) is 48.7 Å². The molecule has 2 atom stereocenters. The molecule has 0 saturated carbocycles. The molecule has 2 aromatic rings. The van der Waals surface area contributed by atoms with E-state index in [-0.39, 0.29) is 30.3 Å². The molecule has 2 fully saturated rings. The number of ether oxygens (including phenoxy) is 2. The van der Waals surface area contributed by atoms with Crippen molar-refractivity contribution < 1.29 is 19.1 Å². The van der Waals surface area contributed by atoms with E-state index in [2.05, 4.69) is 4.98 Å². The average molecular weight is 381 g/mol. The Balaban J connectivity index is 1.37. The first-order valence-electron chi connectivity index (χ1n) is 9.45. The van der Waals surface area contributed by atoms with Crippen molar-refractivity contribution in [1.29, 1.82) is 0 Å². The first-order chi connectivity index (χ1) is 13.6. The second-order valence-electron chi connectivity index (χ2n) is 7.09. The third-order valence-electron chi connectivity index (χ3n) is 5.22. The number of pyridine rings is 1. The quantitative estimate of drug-likeness (QED) is 0.793. The van der Waals surface area contributed by atoms with Gasteiger partial charge in [-0.3, -0.25) is 9.59 Å². The molecule has 2 aliphatic rings. The van der Waals surface area contributed by atoms with E-state index in [4.69, 9.17) is 9.47 Å². The topological polar surface area (TPSA) is 72.0 Å². The first-order valence-corrected chi connectivity index (χ1v) is 9.45. The summed E-state index contributed by atoms with van der Waals surface area (Å²) in [6.07, 6.45) is 2.62. The van der Waals surface area contributed by atoms with E-state index in [9.17, 15) is 9.59 Å². The smallest absolute Gasteiger partial charge is 0.228 e. The number of likely N-dealkylation sites (tertiary alicyclic amines) is 1. The highest BCUT2D eigenvalue weighted by atomic mass is 16.5. The Morgan fingerprint density at radius 2 is 2.07 bits per heavy atom. The number of rotatable bonds is 5. The lowest BCUT2D eigenvalue weighted by atomic mass is 10.1. The Morgan fingerprint density at radius 1 is 1.18 bits per heavy atom. The third kappa shape index (κ3) is 3.78. The third-order valence-corrected chi connectivity index (χ3v) is 5.22. The van der Waals surface area contributed by atoms with E-state index in [1.807, 2.05) is 42.5 Å². The second-order valence-corrected chi connectivity index (χ2v) is 7.09. The van der Waals surface area contributed by atoms with Gasteiger partial charge in [0.1, 0.15) is 11.9 Å². The maximum atomic E-state index is 12.9. The van der Waals surface area contributed by atoms with Crippen molar-refractivity contribution in [3.63, 3.8) is 0 Å². The Labute approximate surface area is 163 Å². The molecule has 2 aliphatic heterocycles. The first kappa shape index (κ1) is 18.3. The molecule has 146 valence electrons. The largest absolute Gasteiger partial charge is 0.497 e. The molecule has 0 spiro atoms. The van der Waals surface area contributed by atoms with Crippen LogP contribution in [0.2, 0.25) is 0 Å². The number of anilines is 1. The molecule has 3 heterocycles. The summed E-state index contributed by atoms with van der Waals surface area (Å²) in [6, 6.07) is 12.9. The average Bonchev–Trinajstić information content (AvgIpc) is 3.35. The minimum Gasteiger partial charge on any atom is -0.497 e. The summed E-state index contributed by atoms with van der Waals surface area (Å²) in [5.41, 5.74) is 0.762. The Bertz CT molecular complexity index is 858. The molecular weight excluding hydrogens is 358 g/mol. The number of nitrogens with zero attached hydrogens (tertiary/aromatic N) is 3. The fraction of sp³-hybridized carbons (Fsp3) is 0.381. The van der Waals surface area contributed by atoms with Gasteiger partial charge in [-0.25, -0.2) is 4.98 Å². The highest BCUT2D eigenvalue weighted by Gasteiger charge is 2.39. The summed E-state index contributed by atoms with van der Waals surface area (Å²) in [7, 11) is 1.59. The molecule has 2 amide bonds. The van der Waals surface area contributed by atoms with Crippen molar-refractivity contribution >= 4 is 17.5 Å². The minimum atomic E-state index is -0.327. The fourth-order valence-corrected chi connectivity index (χ4v) is 3.77. The second kappa shape index (κ2) is 7.88. The predicted molar refractivity (Wildman–Crippen MR) is 103 cm³/mol. The zero-order chi connectivity index (χ0) is 19.5. The minimum absolute atomic E-state index is 0.0193. The number of aromatic nitrogens is 1. The molecular formula is C21H23N3O4. The van der Waals surface area contributed by atoms with Gasteiger partial charge < -0.3 is 19.3 Å². The van der Waals surface area contributed by atoms with Crippen LogP contribution in [0.4, 0.5) is 5.69 Å². The highest BCUT2D eigenvalue weighted by Crippen LogP contribution is 2.29. The van der Waals surface area contributed by atoms with Crippen molar-refractivity contribution in [3.8, 4) is 11.6 Å². The van der Waals surface area contributed by atoms with Crippen LogP contribution in [0, 0.1) is 5.92 Å². The molecule has 1 aromatic carbocycles. The lowest BCUT2D eigenvalue weighted by molar-refractivity contribution is -0.135. The number of benzene rings is 1. The number of carbonyl (C=O) groups excluding carboxylic acids is 2. The molecule has 7 nitrogen and oxygen atoms in total. The van der Waals surface area contributed by atoms with Gasteiger partial charge in [0.15, 0.2) is 0 Å². The van der Waals surface area contributed by atoms with E-state index < -0.39 is 0 Å². The lowest BCUT2D eigenvalue weighted by Gasteiger charge is -2.21. The molecule has 4 rings (SSSR count). The fourth-order valence-electron chi connectivity index (χ4n) is 3.77. The van der Waals surface area contributed by atoms with Gasteiger partial charge in [0, 0.05) is 49.9 Å². The van der Waals surface area contributed by atoms with Crippen LogP contribution in [0.3, 0.4) is 0 Å². The number of methoxy groups -OCH3 is 1. The van der Waals surface area contributed by atoms with Gasteiger partial charge in [0.2, 0.25) is 17.7 Å². The number of hydrogen-bond acceptors (Lipinski definition) is 5. The van der Waals surface area contributed by atoms with Crippen LogP contribution in [0.5, 0.6) is 11.6 Å². The summed E-state index contributed by atoms with van der Waals surface area (Å²) in [5, 5.41) is 0. The van der Waals surface area contributed by atoms with Crippen molar-refractivity contribution in [2.45, 2.75) is 18.9 Å². The van der Waals surface area contributed by atoms with Crippen LogP contribution in [-0.4, -0.2) is 54.5 Å². The van der Waals surface area contributed by atoms with Crippen molar-refractivity contribution in [2.24, 2.45) is 5.92 Å². The highest BCUT2D eigenvalue weighted by molar-refractivity contribution is 6.00. The molecule has 0 aliphatic carbocycles. The number of carbonyl (C=O) groups is 2. The summed E-state index contributed by atoms with van der Waals surface area (Å²) in [5.74, 6) is 0.918. The van der Waals surface area contributed by atoms with Gasteiger partial charge in [-0.15, -0.1) is 0 Å². The van der Waals surface area contributed by atoms with Crippen LogP contribution in [0.1, 0.15) is 12.8 Å². The lowest BCUT2D eigenvalue weighted by Crippen LogP contribution is -2.37. The zero-order valence-corrected chi connectivity index (χ0v) is 15.8. The molecule has 7 heteroatoms. The summed E-state index contributed by atoms with van der Waals surface area (Å²) >= 11 is 0. The van der Waals surface area contributed by atoms with E-state index in [1.165, 1.54) is 0 Å². The molecule has 2 saturated heterocycles. The van der Waals surface area contributed by atoms with Crippen LogP contribution < -0.4 is 14.4 Å². The maximum Gasteiger partial charge on any atom is 0.228 e.